The molecular formula is C17H22ClN3O3. The third-order valence-corrected chi connectivity index (χ3v) is 4.94. The van der Waals surface area contributed by atoms with Gasteiger partial charge in [0.1, 0.15) is 0 Å². The Morgan fingerprint density at radius 1 is 1.25 bits per heavy atom. The zero-order valence-electron chi connectivity index (χ0n) is 13.7. The SMILES string of the molecule is CC(=O)N1CCN(C(=O)NC2(c3cccc(Cl)c3)CC2)C[C@@H](O)C1. The Balaban J connectivity index is 1.67. The summed E-state index contributed by atoms with van der Waals surface area (Å²) < 4.78 is 0. The Labute approximate surface area is 146 Å². The molecule has 0 unspecified atom stereocenters. The number of hydrogen-bond acceptors (Lipinski definition) is 3. The largest absolute Gasteiger partial charge is 0.389 e. The molecule has 1 aliphatic carbocycles. The number of aliphatic hydroxyl groups excluding tert-OH is 1. The van der Waals surface area contributed by atoms with Crippen LogP contribution in [0, 0.1) is 0 Å². The van der Waals surface area contributed by atoms with Crippen molar-refractivity contribution in [3.8, 4) is 0 Å². The second kappa shape index (κ2) is 6.61. The number of rotatable bonds is 2. The molecule has 1 aromatic carbocycles. The van der Waals surface area contributed by atoms with Crippen molar-refractivity contribution in [3.63, 3.8) is 0 Å². The van der Waals surface area contributed by atoms with Crippen molar-refractivity contribution in [3.05, 3.63) is 34.9 Å². The van der Waals surface area contributed by atoms with Gasteiger partial charge in [-0.05, 0) is 30.5 Å². The van der Waals surface area contributed by atoms with Gasteiger partial charge in [-0.15, -0.1) is 0 Å². The number of urea groups is 1. The van der Waals surface area contributed by atoms with E-state index in [1.54, 1.807) is 9.80 Å². The summed E-state index contributed by atoms with van der Waals surface area (Å²) in [7, 11) is 0. The van der Waals surface area contributed by atoms with E-state index >= 15 is 0 Å². The second-order valence-electron chi connectivity index (χ2n) is 6.59. The van der Waals surface area contributed by atoms with Crippen molar-refractivity contribution in [1.29, 1.82) is 0 Å². The summed E-state index contributed by atoms with van der Waals surface area (Å²) in [5, 5.41) is 13.8. The van der Waals surface area contributed by atoms with Crippen LogP contribution in [0.2, 0.25) is 5.02 Å². The number of carbonyl (C=O) groups is 2. The van der Waals surface area contributed by atoms with Gasteiger partial charge in [-0.2, -0.15) is 0 Å². The Kier molecular flexibility index (Phi) is 4.69. The zero-order chi connectivity index (χ0) is 17.3. The molecule has 1 heterocycles. The Bertz CT molecular complexity index is 648. The van der Waals surface area contributed by atoms with E-state index in [4.69, 9.17) is 11.6 Å². The first-order valence-electron chi connectivity index (χ1n) is 8.16. The summed E-state index contributed by atoms with van der Waals surface area (Å²) in [4.78, 5) is 27.3. The van der Waals surface area contributed by atoms with Crippen LogP contribution >= 0.6 is 11.6 Å². The summed E-state index contributed by atoms with van der Waals surface area (Å²) in [6.07, 6.45) is 1.01. The number of amides is 3. The minimum atomic E-state index is -0.733. The van der Waals surface area contributed by atoms with Crippen molar-refractivity contribution in [1.82, 2.24) is 15.1 Å². The zero-order valence-corrected chi connectivity index (χ0v) is 14.4. The van der Waals surface area contributed by atoms with E-state index in [2.05, 4.69) is 5.32 Å². The van der Waals surface area contributed by atoms with Crippen molar-refractivity contribution in [2.24, 2.45) is 0 Å². The van der Waals surface area contributed by atoms with Crippen LogP contribution in [0.25, 0.3) is 0 Å². The minimum Gasteiger partial charge on any atom is -0.389 e. The lowest BCUT2D eigenvalue weighted by Gasteiger charge is -2.26. The van der Waals surface area contributed by atoms with Crippen molar-refractivity contribution in [2.45, 2.75) is 31.4 Å². The van der Waals surface area contributed by atoms with Crippen molar-refractivity contribution >= 4 is 23.5 Å². The molecule has 1 saturated heterocycles. The van der Waals surface area contributed by atoms with E-state index < -0.39 is 6.10 Å². The molecule has 0 aromatic heterocycles. The van der Waals surface area contributed by atoms with E-state index in [0.717, 1.165) is 18.4 Å². The summed E-state index contributed by atoms with van der Waals surface area (Å²) in [5.41, 5.74) is 0.642. The van der Waals surface area contributed by atoms with Crippen molar-refractivity contribution < 1.29 is 14.7 Å². The summed E-state index contributed by atoms with van der Waals surface area (Å²) >= 11 is 6.06. The first kappa shape index (κ1) is 17.0. The highest BCUT2D eigenvalue weighted by Crippen LogP contribution is 2.46. The molecule has 3 amide bonds. The van der Waals surface area contributed by atoms with Gasteiger partial charge in [0.15, 0.2) is 0 Å². The highest BCUT2D eigenvalue weighted by Gasteiger charge is 2.46. The van der Waals surface area contributed by atoms with Gasteiger partial charge in [-0.3, -0.25) is 4.79 Å². The van der Waals surface area contributed by atoms with Gasteiger partial charge in [0.2, 0.25) is 5.91 Å². The maximum atomic E-state index is 12.7. The number of aliphatic hydroxyl groups is 1. The number of benzene rings is 1. The predicted octanol–water partition coefficient (Wildman–Crippen LogP) is 1.56. The van der Waals surface area contributed by atoms with Gasteiger partial charge in [-0.1, -0.05) is 23.7 Å². The molecule has 24 heavy (non-hydrogen) atoms. The first-order chi connectivity index (χ1) is 11.4. The normalized spacial score (nSPS) is 22.7. The fraction of sp³-hybridized carbons (Fsp3) is 0.529. The molecule has 1 aliphatic heterocycles. The number of carbonyl (C=O) groups excluding carboxylic acids is 2. The lowest BCUT2D eigenvalue weighted by Crippen LogP contribution is -2.47. The molecular weight excluding hydrogens is 330 g/mol. The average Bonchev–Trinajstić information content (AvgIpc) is 3.31. The van der Waals surface area contributed by atoms with Gasteiger partial charge in [0.25, 0.3) is 0 Å². The third-order valence-electron chi connectivity index (χ3n) is 4.71. The minimum absolute atomic E-state index is 0.0890. The Morgan fingerprint density at radius 2 is 1.92 bits per heavy atom. The van der Waals surface area contributed by atoms with Crippen LogP contribution in [0.15, 0.2) is 24.3 Å². The molecule has 130 valence electrons. The van der Waals surface area contributed by atoms with E-state index in [9.17, 15) is 14.7 Å². The van der Waals surface area contributed by atoms with E-state index in [1.807, 2.05) is 24.3 Å². The standard InChI is InChI=1S/C17H22ClN3O3/c1-12(22)20-7-8-21(11-15(23)10-20)16(24)19-17(5-6-17)13-3-2-4-14(18)9-13/h2-4,9,15,23H,5-8,10-11H2,1H3,(H,19,24)/t15-/m0/s1. The van der Waals surface area contributed by atoms with E-state index in [1.165, 1.54) is 6.92 Å². The highest BCUT2D eigenvalue weighted by atomic mass is 35.5. The smallest absolute Gasteiger partial charge is 0.318 e. The van der Waals surface area contributed by atoms with E-state index in [-0.39, 0.29) is 30.6 Å². The maximum absolute atomic E-state index is 12.7. The fourth-order valence-electron chi connectivity index (χ4n) is 3.14. The van der Waals surface area contributed by atoms with Gasteiger partial charge in [0, 0.05) is 31.6 Å². The number of nitrogens with zero attached hydrogens (tertiary/aromatic N) is 2. The van der Waals surface area contributed by atoms with Crippen LogP contribution in [-0.2, 0) is 10.3 Å². The molecule has 2 fully saturated rings. The number of β-amino-alcohol motifs (C(OH)–C–C–N with tert-alkyl or cyclic N) is 1. The molecule has 3 rings (SSSR count). The van der Waals surface area contributed by atoms with Gasteiger partial charge >= 0.3 is 6.03 Å². The number of halogens is 1. The van der Waals surface area contributed by atoms with Crippen LogP contribution in [-0.4, -0.2) is 59.1 Å². The number of nitrogens with one attached hydrogen (secondary N) is 1. The fourth-order valence-corrected chi connectivity index (χ4v) is 3.33. The maximum Gasteiger partial charge on any atom is 0.318 e. The molecule has 6 nitrogen and oxygen atoms in total. The van der Waals surface area contributed by atoms with Crippen LogP contribution in [0.4, 0.5) is 4.79 Å². The Morgan fingerprint density at radius 3 is 2.54 bits per heavy atom. The molecule has 1 aromatic rings. The van der Waals surface area contributed by atoms with E-state index in [0.29, 0.717) is 18.1 Å². The summed E-state index contributed by atoms with van der Waals surface area (Å²) in [6.45, 7) is 2.80. The second-order valence-corrected chi connectivity index (χ2v) is 7.02. The lowest BCUT2D eigenvalue weighted by atomic mass is 10.1. The molecule has 0 radical (unpaired) electrons. The molecule has 0 spiro atoms. The highest BCUT2D eigenvalue weighted by molar-refractivity contribution is 6.30. The van der Waals surface area contributed by atoms with Crippen molar-refractivity contribution in [2.75, 3.05) is 26.2 Å². The molecule has 2 N–H and O–H groups in total. The molecule has 1 atom stereocenters. The van der Waals surface area contributed by atoms with Gasteiger partial charge in [-0.25, -0.2) is 4.79 Å². The molecule has 0 bridgehead atoms. The average molecular weight is 352 g/mol. The quantitative estimate of drug-likeness (QED) is 0.849. The first-order valence-corrected chi connectivity index (χ1v) is 8.54. The van der Waals surface area contributed by atoms with Crippen LogP contribution in [0.1, 0.15) is 25.3 Å². The molecule has 7 heteroatoms. The molecule has 2 aliphatic rings. The van der Waals surface area contributed by atoms with Gasteiger partial charge in [0.05, 0.1) is 18.2 Å². The predicted molar refractivity (Wildman–Crippen MR) is 90.7 cm³/mol. The topological polar surface area (TPSA) is 72.9 Å². The lowest BCUT2D eigenvalue weighted by molar-refractivity contribution is -0.129. The van der Waals surface area contributed by atoms with Crippen LogP contribution < -0.4 is 5.32 Å². The Hall–Kier alpha value is -1.79. The number of hydrogen-bond donors (Lipinski definition) is 2. The van der Waals surface area contributed by atoms with Gasteiger partial charge < -0.3 is 20.2 Å². The van der Waals surface area contributed by atoms with Crippen LogP contribution in [0.5, 0.6) is 0 Å². The summed E-state index contributed by atoms with van der Waals surface area (Å²) in [5.74, 6) is -0.0890. The summed E-state index contributed by atoms with van der Waals surface area (Å²) in [6, 6.07) is 7.32. The third kappa shape index (κ3) is 3.65. The molecule has 1 saturated carbocycles. The van der Waals surface area contributed by atoms with Crippen LogP contribution in [0.3, 0.4) is 0 Å². The monoisotopic (exact) mass is 351 g/mol.